The summed E-state index contributed by atoms with van der Waals surface area (Å²) in [5.41, 5.74) is 0.650. The lowest BCUT2D eigenvalue weighted by Gasteiger charge is -2.12. The number of allylic oxidation sites excluding steroid dienone is 2. The van der Waals surface area contributed by atoms with Gasteiger partial charge < -0.3 is 5.11 Å². The number of carbonyl (C=O) groups excluding carboxylic acids is 3. The summed E-state index contributed by atoms with van der Waals surface area (Å²) in [5, 5.41) is 13.0. The molecule has 2 rings (SSSR count). The number of carbonyl (C=O) groups is 3. The van der Waals surface area contributed by atoms with E-state index in [-0.39, 0.29) is 11.3 Å². The van der Waals surface area contributed by atoms with Gasteiger partial charge in [-0.25, -0.2) is 4.79 Å². The van der Waals surface area contributed by atoms with E-state index in [1.807, 2.05) is 10.6 Å². The summed E-state index contributed by atoms with van der Waals surface area (Å²) in [5.74, 6) is -1.31. The molecule has 0 saturated carbocycles. The molecule has 1 saturated heterocycles. The molecule has 0 atom stereocenters. The quantitative estimate of drug-likeness (QED) is 0.537. The maximum atomic E-state index is 11.4. The molecule has 1 fully saturated rings. The molecular weight excluding hydrogens is 248 g/mol. The number of aromatic hydroxyl groups is 1. The zero-order valence-corrected chi connectivity index (χ0v) is 9.71. The van der Waals surface area contributed by atoms with Crippen LogP contribution in [0.15, 0.2) is 42.0 Å². The Morgan fingerprint density at radius 2 is 1.53 bits per heavy atom. The van der Waals surface area contributed by atoms with Crippen LogP contribution in [0, 0.1) is 0 Å². The number of phenols is 1. The van der Waals surface area contributed by atoms with E-state index in [1.165, 1.54) is 24.3 Å². The summed E-state index contributed by atoms with van der Waals surface area (Å²) < 4.78 is 0. The SMILES string of the molecule is O=C1NC(=O)C(=C/C=C/c2ccc(O)cc2)C(=O)N1. The zero-order chi connectivity index (χ0) is 13.8. The fraction of sp³-hybridized carbons (Fsp3) is 0. The normalized spacial score (nSPS) is 15.4. The van der Waals surface area contributed by atoms with Crippen LogP contribution in [0.4, 0.5) is 4.79 Å². The van der Waals surface area contributed by atoms with Gasteiger partial charge in [0, 0.05) is 0 Å². The Bertz CT molecular complexity index is 578. The molecule has 0 aromatic heterocycles. The summed E-state index contributed by atoms with van der Waals surface area (Å²) >= 11 is 0. The molecule has 19 heavy (non-hydrogen) atoms. The Morgan fingerprint density at radius 1 is 0.947 bits per heavy atom. The molecule has 1 heterocycles. The second kappa shape index (κ2) is 5.18. The van der Waals surface area contributed by atoms with Gasteiger partial charge >= 0.3 is 6.03 Å². The molecule has 0 bridgehead atoms. The van der Waals surface area contributed by atoms with Crippen molar-refractivity contribution in [1.82, 2.24) is 10.6 Å². The highest BCUT2D eigenvalue weighted by molar-refractivity contribution is 6.29. The van der Waals surface area contributed by atoms with E-state index in [2.05, 4.69) is 0 Å². The third-order valence-corrected chi connectivity index (χ3v) is 2.39. The van der Waals surface area contributed by atoms with E-state index >= 15 is 0 Å². The number of amides is 4. The molecule has 6 heteroatoms. The highest BCUT2D eigenvalue weighted by Gasteiger charge is 2.26. The molecule has 1 aromatic rings. The van der Waals surface area contributed by atoms with E-state index in [0.717, 1.165) is 5.56 Å². The van der Waals surface area contributed by atoms with E-state index < -0.39 is 17.8 Å². The largest absolute Gasteiger partial charge is 0.508 e. The lowest BCUT2D eigenvalue weighted by Crippen LogP contribution is -2.51. The highest BCUT2D eigenvalue weighted by Crippen LogP contribution is 2.11. The monoisotopic (exact) mass is 258 g/mol. The van der Waals surface area contributed by atoms with E-state index in [1.54, 1.807) is 18.2 Å². The van der Waals surface area contributed by atoms with Gasteiger partial charge in [0.1, 0.15) is 11.3 Å². The van der Waals surface area contributed by atoms with Crippen LogP contribution in [0.1, 0.15) is 5.56 Å². The molecule has 6 nitrogen and oxygen atoms in total. The van der Waals surface area contributed by atoms with Crippen LogP contribution < -0.4 is 10.6 Å². The fourth-order valence-corrected chi connectivity index (χ4v) is 1.47. The number of nitrogens with one attached hydrogen (secondary N) is 2. The van der Waals surface area contributed by atoms with Crippen LogP contribution in [-0.4, -0.2) is 23.0 Å². The third-order valence-electron chi connectivity index (χ3n) is 2.39. The number of imide groups is 2. The molecule has 4 amide bonds. The van der Waals surface area contributed by atoms with Crippen molar-refractivity contribution in [3.8, 4) is 5.75 Å². The van der Waals surface area contributed by atoms with Crippen molar-refractivity contribution in [2.24, 2.45) is 0 Å². The van der Waals surface area contributed by atoms with Crippen molar-refractivity contribution >= 4 is 23.9 Å². The molecule has 3 N–H and O–H groups in total. The summed E-state index contributed by atoms with van der Waals surface area (Å²) in [7, 11) is 0. The Hall–Kier alpha value is -2.89. The van der Waals surface area contributed by atoms with E-state index in [4.69, 9.17) is 5.11 Å². The van der Waals surface area contributed by atoms with Crippen molar-refractivity contribution in [1.29, 1.82) is 0 Å². The Labute approximate surface area is 108 Å². The van der Waals surface area contributed by atoms with Gasteiger partial charge in [0.25, 0.3) is 11.8 Å². The smallest absolute Gasteiger partial charge is 0.328 e. The van der Waals surface area contributed by atoms with Crippen molar-refractivity contribution in [3.63, 3.8) is 0 Å². The molecular formula is C13H10N2O4. The zero-order valence-electron chi connectivity index (χ0n) is 9.71. The number of benzene rings is 1. The molecule has 0 unspecified atom stereocenters. The Kier molecular flexibility index (Phi) is 3.42. The first-order valence-electron chi connectivity index (χ1n) is 5.40. The first kappa shape index (κ1) is 12.6. The number of phenolic OH excluding ortho intramolecular Hbond substituents is 1. The van der Waals surface area contributed by atoms with Crippen molar-refractivity contribution in [2.75, 3.05) is 0 Å². The molecule has 1 aliphatic heterocycles. The molecule has 0 spiro atoms. The van der Waals surface area contributed by atoms with Crippen LogP contribution in [-0.2, 0) is 9.59 Å². The molecule has 0 radical (unpaired) electrons. The first-order chi connectivity index (χ1) is 9.06. The predicted octanol–water partition coefficient (Wildman–Crippen LogP) is 0.698. The molecule has 96 valence electrons. The van der Waals surface area contributed by atoms with Crippen molar-refractivity contribution < 1.29 is 19.5 Å². The van der Waals surface area contributed by atoms with Gasteiger partial charge in [-0.05, 0) is 23.8 Å². The van der Waals surface area contributed by atoms with Gasteiger partial charge in [0.15, 0.2) is 0 Å². The first-order valence-corrected chi connectivity index (χ1v) is 5.40. The van der Waals surface area contributed by atoms with E-state index in [0.29, 0.717) is 0 Å². The van der Waals surface area contributed by atoms with Gasteiger partial charge in [-0.1, -0.05) is 24.3 Å². The average Bonchev–Trinajstić information content (AvgIpc) is 2.34. The van der Waals surface area contributed by atoms with Gasteiger partial charge in [-0.3, -0.25) is 20.2 Å². The Morgan fingerprint density at radius 3 is 2.11 bits per heavy atom. The van der Waals surface area contributed by atoms with E-state index in [9.17, 15) is 14.4 Å². The standard InChI is InChI=1S/C13H10N2O4/c16-9-6-4-8(5-7-9)2-1-3-10-11(17)14-13(19)15-12(10)18/h1-7,16H,(H2,14,15,17,18,19)/b2-1+. The summed E-state index contributed by atoms with van der Waals surface area (Å²) in [6.45, 7) is 0. The van der Waals surface area contributed by atoms with Gasteiger partial charge in [-0.15, -0.1) is 0 Å². The number of barbiturate groups is 1. The van der Waals surface area contributed by atoms with Crippen LogP contribution in [0.3, 0.4) is 0 Å². The summed E-state index contributed by atoms with van der Waals surface area (Å²) in [4.78, 5) is 33.6. The van der Waals surface area contributed by atoms with Gasteiger partial charge in [0.2, 0.25) is 0 Å². The topological polar surface area (TPSA) is 95.5 Å². The van der Waals surface area contributed by atoms with Crippen LogP contribution in [0.2, 0.25) is 0 Å². The average molecular weight is 258 g/mol. The minimum atomic E-state index is -0.824. The molecule has 1 aliphatic rings. The number of rotatable bonds is 2. The van der Waals surface area contributed by atoms with Crippen molar-refractivity contribution in [2.45, 2.75) is 0 Å². The highest BCUT2D eigenvalue weighted by atomic mass is 16.3. The third kappa shape index (κ3) is 3.06. The second-order valence-corrected chi connectivity index (χ2v) is 3.77. The maximum Gasteiger partial charge on any atom is 0.328 e. The predicted molar refractivity (Wildman–Crippen MR) is 66.9 cm³/mol. The minimum Gasteiger partial charge on any atom is -0.508 e. The molecule has 0 aliphatic carbocycles. The van der Waals surface area contributed by atoms with Crippen molar-refractivity contribution in [3.05, 3.63) is 47.6 Å². The maximum absolute atomic E-state index is 11.4. The number of hydrogen-bond acceptors (Lipinski definition) is 4. The van der Waals surface area contributed by atoms with Crippen LogP contribution in [0.5, 0.6) is 5.75 Å². The summed E-state index contributed by atoms with van der Waals surface area (Å²) in [6.07, 6.45) is 4.48. The van der Waals surface area contributed by atoms with Crippen LogP contribution in [0.25, 0.3) is 6.08 Å². The second-order valence-electron chi connectivity index (χ2n) is 3.77. The van der Waals surface area contributed by atoms with Crippen LogP contribution >= 0.6 is 0 Å². The summed E-state index contributed by atoms with van der Waals surface area (Å²) in [6, 6.07) is 5.57. The van der Waals surface area contributed by atoms with Gasteiger partial charge in [-0.2, -0.15) is 0 Å². The fourth-order valence-electron chi connectivity index (χ4n) is 1.47. The minimum absolute atomic E-state index is 0.144. The Balaban J connectivity index is 2.13. The lowest BCUT2D eigenvalue weighted by molar-refractivity contribution is -0.124. The number of hydrogen-bond donors (Lipinski definition) is 3. The lowest BCUT2D eigenvalue weighted by atomic mass is 10.1. The van der Waals surface area contributed by atoms with Gasteiger partial charge in [0.05, 0.1) is 0 Å². The molecule has 1 aromatic carbocycles. The number of urea groups is 1.